The highest BCUT2D eigenvalue weighted by Gasteiger charge is 1.95. The van der Waals surface area contributed by atoms with E-state index in [0.717, 1.165) is 13.1 Å². The van der Waals surface area contributed by atoms with E-state index in [1.807, 2.05) is 0 Å². The second-order valence-corrected chi connectivity index (χ2v) is 4.74. The van der Waals surface area contributed by atoms with Gasteiger partial charge in [-0.15, -0.1) is 0 Å². The molecule has 0 saturated heterocycles. The lowest BCUT2D eigenvalue weighted by Gasteiger charge is -2.02. The minimum atomic E-state index is 0. The van der Waals surface area contributed by atoms with Crippen LogP contribution in [0.15, 0.2) is 30.3 Å². The number of unbranched alkanes of at least 4 members (excludes halogenated alkanes) is 5. The Labute approximate surface area is 134 Å². The molecule has 0 aromatic heterocycles. The summed E-state index contributed by atoms with van der Waals surface area (Å²) >= 11 is 0. The molecule has 0 fully saturated rings. The maximum atomic E-state index is 3.87. The van der Waals surface area contributed by atoms with Crippen LogP contribution in [-0.4, -0.2) is 13.1 Å². The highest BCUT2D eigenvalue weighted by molar-refractivity contribution is 5.12. The summed E-state index contributed by atoms with van der Waals surface area (Å²) < 4.78 is 0. The summed E-state index contributed by atoms with van der Waals surface area (Å²) in [5.41, 5.74) is 5.30. The van der Waals surface area contributed by atoms with E-state index in [1.165, 1.54) is 50.6 Å². The first-order valence-electron chi connectivity index (χ1n) is 7.08. The van der Waals surface area contributed by atoms with Crippen LogP contribution in [0.3, 0.4) is 0 Å². The van der Waals surface area contributed by atoms with Crippen molar-refractivity contribution in [1.82, 2.24) is 0 Å². The van der Waals surface area contributed by atoms with E-state index in [-0.39, 0.29) is 29.4 Å². The summed E-state index contributed by atoms with van der Waals surface area (Å²) in [5.74, 6) is 0. The zero-order valence-corrected chi connectivity index (χ0v) is 14.1. The number of benzene rings is 1. The number of halogens is 2. The van der Waals surface area contributed by atoms with Gasteiger partial charge in [0.25, 0.3) is 0 Å². The van der Waals surface area contributed by atoms with Crippen LogP contribution in [-0.2, 0) is 6.54 Å². The first kappa shape index (κ1) is 21.2. The standard InChI is InChI=1S/C15H26N2.BrH.ClH/c16-12-8-3-1-2-4-9-13-17-14-15-10-6-5-7-11-15;;/h5-7,10-11,17H,1-4,8-9,12-14,16H2;2*1H. The van der Waals surface area contributed by atoms with E-state index >= 15 is 0 Å². The van der Waals surface area contributed by atoms with E-state index in [2.05, 4.69) is 41.4 Å². The molecule has 0 saturated carbocycles. The fourth-order valence-corrected chi connectivity index (χ4v) is 2.06. The van der Waals surface area contributed by atoms with Crippen LogP contribution in [0.25, 0.3) is 0 Å². The van der Waals surface area contributed by atoms with Gasteiger partial charge in [-0.1, -0.05) is 43.2 Å². The van der Waals surface area contributed by atoms with Gasteiger partial charge in [0.15, 0.2) is 0 Å². The largest absolute Gasteiger partial charge is 1.00 e. The van der Waals surface area contributed by atoms with Crippen molar-refractivity contribution in [2.45, 2.75) is 45.1 Å². The van der Waals surface area contributed by atoms with Crippen LogP contribution in [0.5, 0.6) is 0 Å². The van der Waals surface area contributed by atoms with E-state index in [4.69, 9.17) is 0 Å². The number of rotatable bonds is 10. The van der Waals surface area contributed by atoms with Gasteiger partial charge < -0.3 is 40.4 Å². The van der Waals surface area contributed by atoms with Crippen molar-refractivity contribution < 1.29 is 40.4 Å². The molecule has 0 aliphatic rings. The Morgan fingerprint density at radius 1 is 0.842 bits per heavy atom. The number of hydrogen-bond donors (Lipinski definition) is 2. The molecule has 19 heavy (non-hydrogen) atoms. The van der Waals surface area contributed by atoms with E-state index in [0.29, 0.717) is 0 Å². The van der Waals surface area contributed by atoms with Gasteiger partial charge in [0, 0.05) is 5.56 Å². The normalized spacial score (nSPS) is 9.53. The van der Waals surface area contributed by atoms with E-state index in [9.17, 15) is 0 Å². The Morgan fingerprint density at radius 2 is 1.42 bits per heavy atom. The molecule has 0 unspecified atom stereocenters. The molecule has 0 radical (unpaired) electrons. The zero-order chi connectivity index (χ0) is 12.2. The topological polar surface area (TPSA) is 44.2 Å². The van der Waals surface area contributed by atoms with Crippen LogP contribution in [0.2, 0.25) is 0 Å². The molecule has 0 bridgehead atoms. The quantitative estimate of drug-likeness (QED) is 0.398. The van der Waals surface area contributed by atoms with Crippen molar-refractivity contribution in [3.05, 3.63) is 35.9 Å². The molecule has 5 N–H and O–H groups in total. The average molecular weight is 352 g/mol. The molecular weight excluding hydrogens is 324 g/mol. The smallest absolute Gasteiger partial charge is 0.101 e. The highest BCUT2D eigenvalue weighted by Crippen LogP contribution is 2.03. The first-order valence-corrected chi connectivity index (χ1v) is 7.08. The molecule has 0 spiro atoms. The molecule has 0 amide bonds. The molecule has 1 rings (SSSR count). The van der Waals surface area contributed by atoms with Crippen LogP contribution in [0, 0.1) is 0 Å². The summed E-state index contributed by atoms with van der Waals surface area (Å²) in [6.07, 6.45) is 8.23. The van der Waals surface area contributed by atoms with Crippen molar-refractivity contribution in [3.63, 3.8) is 0 Å². The first-order chi connectivity index (χ1) is 8.43. The fraction of sp³-hybridized carbons (Fsp3) is 0.600. The van der Waals surface area contributed by atoms with Gasteiger partial charge in [-0.25, -0.2) is 0 Å². The number of nitrogens with two attached hydrogens (primary N) is 1. The van der Waals surface area contributed by atoms with Gasteiger partial charge in [0.1, 0.15) is 6.54 Å². The summed E-state index contributed by atoms with van der Waals surface area (Å²) in [7, 11) is 0. The van der Waals surface area contributed by atoms with Gasteiger partial charge in [0.2, 0.25) is 0 Å². The van der Waals surface area contributed by atoms with E-state index in [1.54, 1.807) is 0 Å². The predicted octanol–water partition coefficient (Wildman–Crippen LogP) is -4.66. The molecule has 1 aromatic carbocycles. The summed E-state index contributed by atoms with van der Waals surface area (Å²) in [5, 5.41) is 2.42. The van der Waals surface area contributed by atoms with Crippen molar-refractivity contribution in [3.8, 4) is 0 Å². The summed E-state index contributed by atoms with van der Waals surface area (Å²) in [6, 6.07) is 10.7. The molecular formula is C15H28BrClN2. The van der Waals surface area contributed by atoms with Crippen molar-refractivity contribution in [2.75, 3.05) is 13.1 Å². The minimum absolute atomic E-state index is 0. The van der Waals surface area contributed by atoms with Crippen molar-refractivity contribution >= 4 is 0 Å². The maximum absolute atomic E-state index is 3.87. The van der Waals surface area contributed by atoms with Crippen LogP contribution >= 0.6 is 0 Å². The fourth-order valence-electron chi connectivity index (χ4n) is 2.06. The van der Waals surface area contributed by atoms with Crippen molar-refractivity contribution in [1.29, 1.82) is 0 Å². The molecule has 2 nitrogen and oxygen atoms in total. The molecule has 1 aromatic rings. The van der Waals surface area contributed by atoms with Crippen LogP contribution in [0.4, 0.5) is 0 Å². The lowest BCUT2D eigenvalue weighted by atomic mass is 10.1. The van der Waals surface area contributed by atoms with Crippen LogP contribution in [0.1, 0.15) is 44.1 Å². The molecule has 0 aliphatic carbocycles. The number of quaternary nitrogens is 2. The number of hydrogen-bond acceptors (Lipinski definition) is 0. The van der Waals surface area contributed by atoms with Gasteiger partial charge in [-0.05, 0) is 25.7 Å². The van der Waals surface area contributed by atoms with Gasteiger partial charge in [-0.2, -0.15) is 0 Å². The summed E-state index contributed by atoms with van der Waals surface area (Å²) in [6.45, 7) is 3.50. The Bertz CT molecular complexity index is 270. The van der Waals surface area contributed by atoms with Gasteiger partial charge in [0.05, 0.1) is 13.1 Å². The Morgan fingerprint density at radius 3 is 2.05 bits per heavy atom. The van der Waals surface area contributed by atoms with Gasteiger partial charge in [-0.3, -0.25) is 0 Å². The zero-order valence-electron chi connectivity index (χ0n) is 11.8. The SMILES string of the molecule is [Br-].[Cl-].[NH3+]CCCCCCCC[NH2+]Cc1ccccc1. The third kappa shape index (κ3) is 12.7. The van der Waals surface area contributed by atoms with E-state index < -0.39 is 0 Å². The highest BCUT2D eigenvalue weighted by atomic mass is 79.9. The molecule has 112 valence electrons. The summed E-state index contributed by atoms with van der Waals surface area (Å²) in [4.78, 5) is 0. The molecule has 0 atom stereocenters. The van der Waals surface area contributed by atoms with Crippen LogP contribution < -0.4 is 40.4 Å². The van der Waals surface area contributed by atoms with Crippen molar-refractivity contribution in [2.24, 2.45) is 0 Å². The minimum Gasteiger partial charge on any atom is -1.00 e. The molecule has 4 heteroatoms. The monoisotopic (exact) mass is 350 g/mol. The maximum Gasteiger partial charge on any atom is 0.101 e. The average Bonchev–Trinajstić information content (AvgIpc) is 2.38. The predicted molar refractivity (Wildman–Crippen MR) is 72.4 cm³/mol. The molecule has 0 heterocycles. The van der Waals surface area contributed by atoms with Gasteiger partial charge >= 0.3 is 0 Å². The Kier molecular flexibility index (Phi) is 17.8. The lowest BCUT2D eigenvalue weighted by Crippen LogP contribution is -3.00. The third-order valence-corrected chi connectivity index (χ3v) is 3.13. The Hall–Kier alpha value is -0.0900. The second-order valence-electron chi connectivity index (χ2n) is 4.74. The Balaban J connectivity index is 0. The molecule has 0 aliphatic heterocycles. The third-order valence-electron chi connectivity index (χ3n) is 3.13. The lowest BCUT2D eigenvalue weighted by molar-refractivity contribution is -0.671. The second kappa shape index (κ2) is 16.0.